The van der Waals surface area contributed by atoms with Crippen LogP contribution in [0, 0.1) is 12.8 Å². The zero-order valence-corrected chi connectivity index (χ0v) is 14.0. The zero-order chi connectivity index (χ0) is 15.2. The Balaban J connectivity index is 1.85. The summed E-state index contributed by atoms with van der Waals surface area (Å²) in [6.45, 7) is 10.1. The average molecular weight is 304 g/mol. The Kier molecular flexibility index (Phi) is 5.76. The van der Waals surface area contributed by atoms with Gasteiger partial charge in [-0.05, 0) is 37.5 Å². The lowest BCUT2D eigenvalue weighted by Crippen LogP contribution is -2.18. The van der Waals surface area contributed by atoms with Crippen LogP contribution in [0.4, 0.5) is 0 Å². The van der Waals surface area contributed by atoms with E-state index in [1.165, 1.54) is 5.56 Å². The van der Waals surface area contributed by atoms with E-state index in [4.69, 9.17) is 4.74 Å². The molecule has 0 spiro atoms. The molecule has 1 aromatic heterocycles. The van der Waals surface area contributed by atoms with Gasteiger partial charge in [0.05, 0.1) is 17.3 Å². The van der Waals surface area contributed by atoms with Crippen LogP contribution >= 0.6 is 11.3 Å². The molecular formula is C17H24N2OS. The maximum Gasteiger partial charge on any atom is 0.119 e. The van der Waals surface area contributed by atoms with Gasteiger partial charge in [0.15, 0.2) is 0 Å². The van der Waals surface area contributed by atoms with E-state index in [1.54, 1.807) is 11.3 Å². The van der Waals surface area contributed by atoms with E-state index in [0.29, 0.717) is 12.0 Å². The molecule has 1 atom stereocenters. The minimum absolute atomic E-state index is 0.297. The van der Waals surface area contributed by atoms with Gasteiger partial charge in [-0.2, -0.15) is 0 Å². The molecule has 1 unspecified atom stereocenters. The topological polar surface area (TPSA) is 34.2 Å². The highest BCUT2D eigenvalue weighted by Crippen LogP contribution is 2.19. The van der Waals surface area contributed by atoms with Gasteiger partial charge >= 0.3 is 0 Å². The van der Waals surface area contributed by atoms with Crippen molar-refractivity contribution in [2.45, 2.75) is 40.3 Å². The normalized spacial score (nSPS) is 12.6. The lowest BCUT2D eigenvalue weighted by atomic mass is 10.1. The van der Waals surface area contributed by atoms with Crippen LogP contribution in [0.1, 0.15) is 43.1 Å². The van der Waals surface area contributed by atoms with Crippen molar-refractivity contribution >= 4 is 11.3 Å². The third-order valence-corrected chi connectivity index (χ3v) is 4.04. The number of nitrogens with zero attached hydrogens (tertiary/aromatic N) is 1. The van der Waals surface area contributed by atoms with Gasteiger partial charge in [0.1, 0.15) is 5.75 Å². The zero-order valence-electron chi connectivity index (χ0n) is 13.2. The van der Waals surface area contributed by atoms with Gasteiger partial charge in [-0.15, -0.1) is 11.3 Å². The van der Waals surface area contributed by atoms with Gasteiger partial charge in [0.2, 0.25) is 0 Å². The fourth-order valence-corrected chi connectivity index (χ4v) is 2.59. The van der Waals surface area contributed by atoms with Gasteiger partial charge in [-0.25, -0.2) is 4.98 Å². The fraction of sp³-hybridized carbons (Fsp3) is 0.471. The molecule has 0 bridgehead atoms. The number of thiazole rings is 1. The Hall–Kier alpha value is -1.39. The van der Waals surface area contributed by atoms with Gasteiger partial charge in [-0.1, -0.05) is 26.0 Å². The van der Waals surface area contributed by atoms with E-state index >= 15 is 0 Å². The number of aryl methyl sites for hydroxylation is 1. The summed E-state index contributed by atoms with van der Waals surface area (Å²) in [6.07, 6.45) is 0. The SMILES string of the molecule is Cc1nc(CNC(C)c2ccc(OCC(C)C)cc2)cs1. The first kappa shape index (κ1) is 16.0. The third kappa shape index (κ3) is 5.14. The molecule has 0 radical (unpaired) electrons. The summed E-state index contributed by atoms with van der Waals surface area (Å²) in [7, 11) is 0. The van der Waals surface area contributed by atoms with Crippen molar-refractivity contribution in [2.24, 2.45) is 5.92 Å². The number of aromatic nitrogens is 1. The summed E-state index contributed by atoms with van der Waals surface area (Å²) in [5.74, 6) is 1.49. The fourth-order valence-electron chi connectivity index (χ4n) is 1.98. The summed E-state index contributed by atoms with van der Waals surface area (Å²) in [4.78, 5) is 4.47. The van der Waals surface area contributed by atoms with Crippen LogP contribution in [0.25, 0.3) is 0 Å². The van der Waals surface area contributed by atoms with Crippen molar-refractivity contribution in [3.63, 3.8) is 0 Å². The molecule has 0 fully saturated rings. The van der Waals surface area contributed by atoms with Crippen molar-refractivity contribution in [3.8, 4) is 5.75 Å². The molecule has 0 saturated heterocycles. The van der Waals surface area contributed by atoms with Crippen LogP contribution < -0.4 is 10.1 Å². The molecule has 0 saturated carbocycles. The Labute approximate surface area is 131 Å². The highest BCUT2D eigenvalue weighted by atomic mass is 32.1. The number of hydrogen-bond donors (Lipinski definition) is 1. The first-order chi connectivity index (χ1) is 10.0. The summed E-state index contributed by atoms with van der Waals surface area (Å²) >= 11 is 1.69. The first-order valence-electron chi connectivity index (χ1n) is 7.41. The maximum atomic E-state index is 5.71. The van der Waals surface area contributed by atoms with E-state index in [0.717, 1.165) is 29.6 Å². The molecule has 0 aliphatic rings. The van der Waals surface area contributed by atoms with Gasteiger partial charge in [0.25, 0.3) is 0 Å². The van der Waals surface area contributed by atoms with Gasteiger partial charge in [-0.3, -0.25) is 0 Å². The van der Waals surface area contributed by atoms with Crippen LogP contribution in [0.15, 0.2) is 29.6 Å². The molecule has 21 heavy (non-hydrogen) atoms. The van der Waals surface area contributed by atoms with Gasteiger partial charge in [0, 0.05) is 18.0 Å². The standard InChI is InChI=1S/C17H24N2OS/c1-12(2)10-20-17-7-5-15(6-8-17)13(3)18-9-16-11-21-14(4)19-16/h5-8,11-13,18H,9-10H2,1-4H3. The van der Waals surface area contributed by atoms with Crippen LogP contribution in [-0.2, 0) is 6.54 Å². The maximum absolute atomic E-state index is 5.71. The third-order valence-electron chi connectivity index (χ3n) is 3.22. The van der Waals surface area contributed by atoms with Crippen LogP contribution in [0.5, 0.6) is 5.75 Å². The van der Waals surface area contributed by atoms with Crippen molar-refractivity contribution in [2.75, 3.05) is 6.61 Å². The van der Waals surface area contributed by atoms with Crippen molar-refractivity contribution in [1.29, 1.82) is 0 Å². The largest absolute Gasteiger partial charge is 0.493 e. The molecule has 0 aliphatic carbocycles. The first-order valence-corrected chi connectivity index (χ1v) is 8.29. The second kappa shape index (κ2) is 7.57. The summed E-state index contributed by atoms with van der Waals surface area (Å²) in [5, 5.41) is 6.73. The average Bonchev–Trinajstić information content (AvgIpc) is 2.89. The molecule has 4 heteroatoms. The summed E-state index contributed by atoms with van der Waals surface area (Å²) < 4.78 is 5.71. The molecule has 0 aliphatic heterocycles. The van der Waals surface area contributed by atoms with E-state index in [9.17, 15) is 0 Å². The van der Waals surface area contributed by atoms with Crippen molar-refractivity contribution in [3.05, 3.63) is 45.9 Å². The molecule has 3 nitrogen and oxygen atoms in total. The quantitative estimate of drug-likeness (QED) is 0.826. The monoisotopic (exact) mass is 304 g/mol. The van der Waals surface area contributed by atoms with Crippen LogP contribution in [0.3, 0.4) is 0 Å². The predicted molar refractivity (Wildman–Crippen MR) is 88.9 cm³/mol. The van der Waals surface area contributed by atoms with Crippen LogP contribution in [-0.4, -0.2) is 11.6 Å². The Bertz CT molecular complexity index is 548. The predicted octanol–water partition coefficient (Wildman–Crippen LogP) is 4.34. The van der Waals surface area contributed by atoms with E-state index < -0.39 is 0 Å². The Morgan fingerprint density at radius 3 is 2.48 bits per heavy atom. The summed E-state index contributed by atoms with van der Waals surface area (Å²) in [5.41, 5.74) is 2.38. The van der Waals surface area contributed by atoms with Crippen LogP contribution in [0.2, 0.25) is 0 Å². The Morgan fingerprint density at radius 1 is 1.19 bits per heavy atom. The van der Waals surface area contributed by atoms with Crippen molar-refractivity contribution < 1.29 is 4.74 Å². The van der Waals surface area contributed by atoms with E-state index in [2.05, 4.69) is 48.6 Å². The molecule has 2 rings (SSSR count). The molecule has 1 N–H and O–H groups in total. The number of rotatable bonds is 7. The second-order valence-corrected chi connectivity index (χ2v) is 6.80. The molecule has 1 heterocycles. The van der Waals surface area contributed by atoms with Crippen molar-refractivity contribution in [1.82, 2.24) is 10.3 Å². The minimum atomic E-state index is 0.297. The molecule has 114 valence electrons. The van der Waals surface area contributed by atoms with Gasteiger partial charge < -0.3 is 10.1 Å². The summed E-state index contributed by atoms with van der Waals surface area (Å²) in [6, 6.07) is 8.64. The lowest BCUT2D eigenvalue weighted by Gasteiger charge is -2.14. The highest BCUT2D eigenvalue weighted by Gasteiger charge is 2.06. The van der Waals surface area contributed by atoms with E-state index in [1.807, 2.05) is 19.1 Å². The highest BCUT2D eigenvalue weighted by molar-refractivity contribution is 7.09. The minimum Gasteiger partial charge on any atom is -0.493 e. The second-order valence-electron chi connectivity index (χ2n) is 5.73. The number of hydrogen-bond acceptors (Lipinski definition) is 4. The Morgan fingerprint density at radius 2 is 1.90 bits per heavy atom. The molecule has 0 amide bonds. The number of ether oxygens (including phenoxy) is 1. The molecule has 2 aromatic rings. The number of nitrogens with one attached hydrogen (secondary N) is 1. The molecule has 1 aromatic carbocycles. The molecular weight excluding hydrogens is 280 g/mol. The smallest absolute Gasteiger partial charge is 0.119 e. The number of benzene rings is 1. The van der Waals surface area contributed by atoms with E-state index in [-0.39, 0.29) is 0 Å². The lowest BCUT2D eigenvalue weighted by molar-refractivity contribution is 0.271.